The highest BCUT2D eigenvalue weighted by atomic mass is 16.5. The number of phenols is 1. The van der Waals surface area contributed by atoms with Crippen molar-refractivity contribution >= 4 is 11.6 Å². The number of carbonyl (C=O) groups excluding carboxylic acids is 1. The van der Waals surface area contributed by atoms with Crippen molar-refractivity contribution < 1.29 is 14.6 Å². The highest BCUT2D eigenvalue weighted by Gasteiger charge is 2.04. The van der Waals surface area contributed by atoms with Gasteiger partial charge in [0.15, 0.2) is 0 Å². The number of amides is 1. The van der Waals surface area contributed by atoms with E-state index in [0.717, 1.165) is 0 Å². The first-order valence-electron chi connectivity index (χ1n) is 5.01. The summed E-state index contributed by atoms with van der Waals surface area (Å²) >= 11 is 0. The lowest BCUT2D eigenvalue weighted by Gasteiger charge is -2.07. The molecule has 0 fully saturated rings. The van der Waals surface area contributed by atoms with E-state index in [1.807, 2.05) is 0 Å². The molecule has 0 spiro atoms. The molecular formula is C11H16N2O3. The Labute approximate surface area is 94.4 Å². The van der Waals surface area contributed by atoms with Gasteiger partial charge in [-0.05, 0) is 12.1 Å². The lowest BCUT2D eigenvalue weighted by atomic mass is 10.3. The van der Waals surface area contributed by atoms with Crippen LogP contribution < -0.4 is 10.6 Å². The van der Waals surface area contributed by atoms with Gasteiger partial charge in [0.2, 0.25) is 5.91 Å². The quantitative estimate of drug-likeness (QED) is 0.488. The molecular weight excluding hydrogens is 208 g/mol. The zero-order valence-corrected chi connectivity index (χ0v) is 9.19. The summed E-state index contributed by atoms with van der Waals surface area (Å²) in [4.78, 5) is 11.4. The number of carbonyl (C=O) groups is 1. The standard InChI is InChI=1S/C11H16N2O3/c1-16-7-6-12-8-11(15)13-9-4-2-3-5-10(9)14/h2-5,12,14H,6-8H2,1H3,(H,13,15). The monoisotopic (exact) mass is 224 g/mol. The van der Waals surface area contributed by atoms with Crippen LogP contribution >= 0.6 is 0 Å². The lowest BCUT2D eigenvalue weighted by Crippen LogP contribution is -2.30. The maximum atomic E-state index is 11.4. The SMILES string of the molecule is COCCNCC(=O)Nc1ccccc1O. The van der Waals surface area contributed by atoms with E-state index in [2.05, 4.69) is 10.6 Å². The van der Waals surface area contributed by atoms with E-state index in [4.69, 9.17) is 4.74 Å². The highest BCUT2D eigenvalue weighted by Crippen LogP contribution is 2.20. The molecule has 1 aromatic carbocycles. The fourth-order valence-corrected chi connectivity index (χ4v) is 1.15. The summed E-state index contributed by atoms with van der Waals surface area (Å²) in [5, 5.41) is 14.9. The normalized spacial score (nSPS) is 10.1. The van der Waals surface area contributed by atoms with Crippen molar-refractivity contribution in [3.05, 3.63) is 24.3 Å². The number of phenolic OH excluding ortho intramolecular Hbond substituents is 1. The third-order valence-corrected chi connectivity index (χ3v) is 1.95. The fraction of sp³-hybridized carbons (Fsp3) is 0.364. The second-order valence-electron chi connectivity index (χ2n) is 3.23. The molecule has 5 nitrogen and oxygen atoms in total. The Kier molecular flexibility index (Phi) is 5.31. The summed E-state index contributed by atoms with van der Waals surface area (Å²) in [6.45, 7) is 1.37. The Morgan fingerprint density at radius 1 is 1.44 bits per heavy atom. The van der Waals surface area contributed by atoms with Crippen molar-refractivity contribution in [2.75, 3.05) is 32.1 Å². The molecule has 0 saturated carbocycles. The van der Waals surface area contributed by atoms with Gasteiger partial charge in [0.1, 0.15) is 5.75 Å². The van der Waals surface area contributed by atoms with E-state index >= 15 is 0 Å². The number of hydrogen-bond acceptors (Lipinski definition) is 4. The highest BCUT2D eigenvalue weighted by molar-refractivity contribution is 5.93. The molecule has 0 saturated heterocycles. The summed E-state index contributed by atoms with van der Waals surface area (Å²) in [5.74, 6) is -0.134. The van der Waals surface area contributed by atoms with Gasteiger partial charge in [0, 0.05) is 13.7 Å². The molecule has 1 aromatic rings. The number of benzene rings is 1. The Balaban J connectivity index is 2.32. The lowest BCUT2D eigenvalue weighted by molar-refractivity contribution is -0.115. The largest absolute Gasteiger partial charge is 0.506 e. The third kappa shape index (κ3) is 4.29. The maximum absolute atomic E-state index is 11.4. The van der Waals surface area contributed by atoms with E-state index in [1.54, 1.807) is 25.3 Å². The molecule has 0 atom stereocenters. The minimum Gasteiger partial charge on any atom is -0.506 e. The number of aromatic hydroxyl groups is 1. The molecule has 0 bridgehead atoms. The van der Waals surface area contributed by atoms with Crippen molar-refractivity contribution in [3.8, 4) is 5.75 Å². The van der Waals surface area contributed by atoms with Crippen molar-refractivity contribution in [1.82, 2.24) is 5.32 Å². The third-order valence-electron chi connectivity index (χ3n) is 1.95. The molecule has 3 N–H and O–H groups in total. The minimum absolute atomic E-state index is 0.0627. The van der Waals surface area contributed by atoms with Crippen LogP contribution in [-0.2, 0) is 9.53 Å². The molecule has 0 aliphatic heterocycles. The van der Waals surface area contributed by atoms with E-state index in [-0.39, 0.29) is 18.2 Å². The van der Waals surface area contributed by atoms with Gasteiger partial charge in [-0.15, -0.1) is 0 Å². The number of anilines is 1. The first-order chi connectivity index (χ1) is 7.74. The molecule has 88 valence electrons. The summed E-state index contributed by atoms with van der Waals surface area (Å²) in [6, 6.07) is 6.60. The van der Waals surface area contributed by atoms with Crippen LogP contribution in [0.5, 0.6) is 5.75 Å². The second-order valence-corrected chi connectivity index (χ2v) is 3.23. The average molecular weight is 224 g/mol. The zero-order chi connectivity index (χ0) is 11.8. The summed E-state index contributed by atoms with van der Waals surface area (Å²) < 4.78 is 4.83. The fourth-order valence-electron chi connectivity index (χ4n) is 1.15. The van der Waals surface area contributed by atoms with Crippen molar-refractivity contribution in [2.24, 2.45) is 0 Å². The van der Waals surface area contributed by atoms with E-state index < -0.39 is 0 Å². The first-order valence-corrected chi connectivity index (χ1v) is 5.01. The number of para-hydroxylation sites is 2. The number of ether oxygens (including phenoxy) is 1. The minimum atomic E-state index is -0.197. The molecule has 0 aliphatic carbocycles. The van der Waals surface area contributed by atoms with E-state index in [9.17, 15) is 9.90 Å². The van der Waals surface area contributed by atoms with Gasteiger partial charge in [-0.2, -0.15) is 0 Å². The first kappa shape index (κ1) is 12.5. The van der Waals surface area contributed by atoms with Crippen molar-refractivity contribution in [1.29, 1.82) is 0 Å². The molecule has 5 heteroatoms. The van der Waals surface area contributed by atoms with Gasteiger partial charge in [0.25, 0.3) is 0 Å². The smallest absolute Gasteiger partial charge is 0.238 e. The van der Waals surface area contributed by atoms with Crippen LogP contribution in [0.3, 0.4) is 0 Å². The van der Waals surface area contributed by atoms with E-state index in [0.29, 0.717) is 18.8 Å². The summed E-state index contributed by atoms with van der Waals surface area (Å²) in [5.41, 5.74) is 0.418. The van der Waals surface area contributed by atoms with Crippen LogP contribution in [0.2, 0.25) is 0 Å². The molecule has 0 radical (unpaired) electrons. The number of rotatable bonds is 6. The topological polar surface area (TPSA) is 70.6 Å². The molecule has 1 amide bonds. The van der Waals surface area contributed by atoms with Crippen LogP contribution in [0, 0.1) is 0 Å². The Hall–Kier alpha value is -1.59. The molecule has 0 heterocycles. The Morgan fingerprint density at radius 2 is 2.19 bits per heavy atom. The molecule has 16 heavy (non-hydrogen) atoms. The van der Waals surface area contributed by atoms with Gasteiger partial charge in [-0.25, -0.2) is 0 Å². The van der Waals surface area contributed by atoms with Crippen LogP contribution in [-0.4, -0.2) is 37.8 Å². The van der Waals surface area contributed by atoms with Gasteiger partial charge in [-0.1, -0.05) is 12.1 Å². The van der Waals surface area contributed by atoms with E-state index in [1.165, 1.54) is 6.07 Å². The van der Waals surface area contributed by atoms with Gasteiger partial charge >= 0.3 is 0 Å². The number of methoxy groups -OCH3 is 1. The van der Waals surface area contributed by atoms with Crippen LogP contribution in [0.25, 0.3) is 0 Å². The predicted molar refractivity (Wildman–Crippen MR) is 61.5 cm³/mol. The molecule has 0 unspecified atom stereocenters. The molecule has 0 aromatic heterocycles. The predicted octanol–water partition coefficient (Wildman–Crippen LogP) is 0.567. The maximum Gasteiger partial charge on any atom is 0.238 e. The Morgan fingerprint density at radius 3 is 2.88 bits per heavy atom. The summed E-state index contributed by atoms with van der Waals surface area (Å²) in [6.07, 6.45) is 0. The van der Waals surface area contributed by atoms with Crippen LogP contribution in [0.15, 0.2) is 24.3 Å². The number of hydrogen-bond donors (Lipinski definition) is 3. The number of nitrogens with one attached hydrogen (secondary N) is 2. The molecule has 1 rings (SSSR count). The zero-order valence-electron chi connectivity index (χ0n) is 9.19. The van der Waals surface area contributed by atoms with Gasteiger partial charge in [-0.3, -0.25) is 4.79 Å². The van der Waals surface area contributed by atoms with Crippen molar-refractivity contribution in [2.45, 2.75) is 0 Å². The average Bonchev–Trinajstić information content (AvgIpc) is 2.28. The van der Waals surface area contributed by atoms with Crippen molar-refractivity contribution in [3.63, 3.8) is 0 Å². The molecule has 0 aliphatic rings. The second kappa shape index (κ2) is 6.81. The van der Waals surface area contributed by atoms with Gasteiger partial charge in [0.05, 0.1) is 18.8 Å². The van der Waals surface area contributed by atoms with Crippen LogP contribution in [0.4, 0.5) is 5.69 Å². The van der Waals surface area contributed by atoms with Gasteiger partial charge < -0.3 is 20.5 Å². The van der Waals surface area contributed by atoms with Crippen LogP contribution in [0.1, 0.15) is 0 Å². The Bertz CT molecular complexity index is 342. The summed E-state index contributed by atoms with van der Waals surface area (Å²) in [7, 11) is 1.60.